The molecular formula is C79H115N7O35S. The molecule has 1 unspecified atom stereocenters. The van der Waals surface area contributed by atoms with Crippen molar-refractivity contribution in [2.24, 2.45) is 16.7 Å². The zero-order valence-electron chi connectivity index (χ0n) is 69.0. The van der Waals surface area contributed by atoms with Crippen molar-refractivity contribution in [3.63, 3.8) is 0 Å². The van der Waals surface area contributed by atoms with Gasteiger partial charge >= 0.3 is 11.9 Å². The van der Waals surface area contributed by atoms with Gasteiger partial charge in [0.05, 0.1) is 99.9 Å². The summed E-state index contributed by atoms with van der Waals surface area (Å²) in [5.41, 5.74) is -0.483. The lowest BCUT2D eigenvalue weighted by molar-refractivity contribution is -0.277. The number of imide groups is 2. The Morgan fingerprint density at radius 3 is 1.35 bits per heavy atom. The third-order valence-electron chi connectivity index (χ3n) is 18.3. The number of benzene rings is 2. The van der Waals surface area contributed by atoms with Crippen LogP contribution >= 0.6 is 0 Å². The molecule has 2 aromatic rings. The third-order valence-corrected chi connectivity index (χ3v) is 19.1. The zero-order valence-corrected chi connectivity index (χ0v) is 69.8. The molecule has 9 amide bonds. The van der Waals surface area contributed by atoms with E-state index in [1.807, 2.05) is 0 Å². The number of ether oxygens (including phenoxy) is 11. The Kier molecular flexibility index (Phi) is 44.3. The number of anilines is 2. The van der Waals surface area contributed by atoms with E-state index < -0.39 is 173 Å². The number of carbonyl (C=O) groups is 13. The fourth-order valence-electron chi connectivity index (χ4n) is 11.4. The Morgan fingerprint density at radius 2 is 0.902 bits per heavy atom. The first kappa shape index (κ1) is 103. The molecule has 43 heteroatoms. The van der Waals surface area contributed by atoms with Crippen LogP contribution in [0.3, 0.4) is 0 Å². The van der Waals surface area contributed by atoms with Crippen LogP contribution in [0.1, 0.15) is 123 Å². The molecule has 682 valence electrons. The quantitative estimate of drug-likeness (QED) is 0.0147. The van der Waals surface area contributed by atoms with Crippen LogP contribution in [-0.4, -0.2) is 319 Å². The van der Waals surface area contributed by atoms with Crippen molar-refractivity contribution in [2.45, 2.75) is 187 Å². The fraction of sp³-hybridized carbons (Fsp3) is 0.633. The van der Waals surface area contributed by atoms with Crippen molar-refractivity contribution in [1.82, 2.24) is 25.8 Å². The summed E-state index contributed by atoms with van der Waals surface area (Å²) in [5.74, 6) is -8.47. The Bertz CT molecular complexity index is 3960. The molecule has 122 heavy (non-hydrogen) atoms. The van der Waals surface area contributed by atoms with Crippen molar-refractivity contribution >= 4 is 98.2 Å². The summed E-state index contributed by atoms with van der Waals surface area (Å²) in [6.07, 6.45) is -9.19. The van der Waals surface area contributed by atoms with Gasteiger partial charge in [-0.2, -0.15) is 8.42 Å². The van der Waals surface area contributed by atoms with Gasteiger partial charge in [0, 0.05) is 109 Å². The molecule has 4 aliphatic heterocycles. The third kappa shape index (κ3) is 37.4. The number of Topliss-reactive ketones (excluding diaryl/α,β-unsaturated/α-hetero) is 2. The van der Waals surface area contributed by atoms with Gasteiger partial charge in [0.25, 0.3) is 33.7 Å². The van der Waals surface area contributed by atoms with E-state index in [0.29, 0.717) is 56.6 Å². The van der Waals surface area contributed by atoms with Crippen LogP contribution in [0.2, 0.25) is 0 Å². The molecule has 2 aromatic carbocycles. The molecule has 4 aliphatic rings. The van der Waals surface area contributed by atoms with Crippen LogP contribution in [-0.2, 0) is 128 Å². The summed E-state index contributed by atoms with van der Waals surface area (Å²) < 4.78 is 92.7. The number of esters is 2. The van der Waals surface area contributed by atoms with Crippen molar-refractivity contribution in [1.29, 1.82) is 0 Å². The van der Waals surface area contributed by atoms with Gasteiger partial charge < -0.3 is 120 Å². The first-order chi connectivity index (χ1) is 57.7. The molecule has 6 rings (SSSR count). The molecule has 14 N–H and O–H groups in total. The summed E-state index contributed by atoms with van der Waals surface area (Å²) in [7, 11) is -4.66. The van der Waals surface area contributed by atoms with Crippen LogP contribution in [0.5, 0.6) is 11.5 Å². The zero-order chi connectivity index (χ0) is 90.3. The highest BCUT2D eigenvalue weighted by Crippen LogP contribution is 2.34. The van der Waals surface area contributed by atoms with Crippen LogP contribution < -0.4 is 36.1 Å². The summed E-state index contributed by atoms with van der Waals surface area (Å²) in [6, 6.07) is 8.79. The minimum Gasteiger partial charge on any atom is -0.460 e. The monoisotopic (exact) mass is 1750 g/mol. The molecule has 0 aromatic heterocycles. The van der Waals surface area contributed by atoms with Crippen LogP contribution in [0.25, 0.3) is 0 Å². The summed E-state index contributed by atoms with van der Waals surface area (Å²) >= 11 is 0. The van der Waals surface area contributed by atoms with E-state index in [0.717, 1.165) is 9.80 Å². The van der Waals surface area contributed by atoms with Gasteiger partial charge in [-0.1, -0.05) is 18.6 Å². The minimum absolute atomic E-state index is 0.0146. The highest BCUT2D eigenvalue weighted by molar-refractivity contribution is 7.85. The summed E-state index contributed by atoms with van der Waals surface area (Å²) in [6.45, 7) is 9.44. The molecule has 0 bridgehead atoms. The smallest absolute Gasteiger partial charge is 0.311 e. The van der Waals surface area contributed by atoms with Crippen molar-refractivity contribution < 1.29 is 168 Å². The van der Waals surface area contributed by atoms with Crippen molar-refractivity contribution in [3.05, 3.63) is 71.8 Å². The second kappa shape index (κ2) is 52.4. The predicted octanol–water partition coefficient (Wildman–Crippen LogP) is -2.00. The van der Waals surface area contributed by atoms with Crippen molar-refractivity contribution in [3.8, 4) is 11.5 Å². The molecular weight excluding hydrogens is 1640 g/mol. The van der Waals surface area contributed by atoms with E-state index in [4.69, 9.17) is 52.1 Å². The van der Waals surface area contributed by atoms with Crippen LogP contribution in [0.15, 0.2) is 60.7 Å². The Morgan fingerprint density at radius 1 is 0.459 bits per heavy atom. The van der Waals surface area contributed by atoms with Crippen molar-refractivity contribution in [2.75, 3.05) is 128 Å². The second-order valence-electron chi connectivity index (χ2n) is 30.5. The second-order valence-corrected chi connectivity index (χ2v) is 32.0. The topological polar surface area (TPSA) is 606 Å². The molecule has 2 fully saturated rings. The first-order valence-electron chi connectivity index (χ1n) is 39.6. The number of amides is 9. The lowest BCUT2D eigenvalue weighted by Crippen LogP contribution is -2.60. The lowest BCUT2D eigenvalue weighted by Gasteiger charge is -2.39. The van der Waals surface area contributed by atoms with Gasteiger partial charge in [0.2, 0.25) is 42.1 Å². The van der Waals surface area contributed by atoms with E-state index in [-0.39, 0.29) is 170 Å². The average Bonchev–Trinajstić information content (AvgIpc) is 0.941. The molecule has 0 aliphatic carbocycles. The number of hydrogen-bond acceptors (Lipinski definition) is 34. The van der Waals surface area contributed by atoms with E-state index >= 15 is 0 Å². The highest BCUT2D eigenvalue weighted by atomic mass is 32.2. The van der Waals surface area contributed by atoms with Crippen LogP contribution in [0, 0.1) is 16.7 Å². The van der Waals surface area contributed by atoms with Gasteiger partial charge in [0.1, 0.15) is 91.7 Å². The number of carbonyl (C=O) groups excluding carboxylic acids is 13. The highest BCUT2D eigenvalue weighted by Gasteiger charge is 2.47. The van der Waals surface area contributed by atoms with Gasteiger partial charge in [0.15, 0.2) is 0 Å². The molecule has 0 spiro atoms. The van der Waals surface area contributed by atoms with E-state index in [1.165, 1.54) is 54.6 Å². The number of nitrogens with zero attached hydrogens (tertiary/aromatic N) is 2. The van der Waals surface area contributed by atoms with Gasteiger partial charge in [-0.3, -0.25) is 76.7 Å². The normalized spacial score (nSPS) is 20.5. The largest absolute Gasteiger partial charge is 0.460 e. The number of rotatable bonds is 53. The Labute approximate surface area is 704 Å². The van der Waals surface area contributed by atoms with Gasteiger partial charge in [-0.25, -0.2) is 0 Å². The predicted molar refractivity (Wildman–Crippen MR) is 423 cm³/mol. The van der Waals surface area contributed by atoms with Gasteiger partial charge in [-0.15, -0.1) is 0 Å². The molecule has 0 saturated carbocycles. The minimum atomic E-state index is -4.66. The van der Waals surface area contributed by atoms with Gasteiger partial charge in [-0.05, 0) is 96.2 Å². The summed E-state index contributed by atoms with van der Waals surface area (Å²) in [4.78, 5) is 161. The SMILES string of the molecule is CC(C)(C)C(=O)OCc1ccc(OC2O[C@H](CO)[C@H](O)[C@H](O)[C@H]2O)c(NC(=O)CCNC(=O)CCCCCN2C(=O)C=CC2=O)c1.CC(C)(C)C(=O)OCc1ccc(O[C@@H]2O[C@H](CO)[C@H](O)[C@H](O)[C@H]2O)c(NC(=O)CCNC(=O)COCCNC(=O)[C@H](CC(=O)CCOCCOCCOCCOCCCC(=O)CCN2C(=O)C=CC2=O)CS(=O)(=O)O)c1. The van der Waals surface area contributed by atoms with E-state index in [9.17, 15) is 116 Å². The fourth-order valence-corrected chi connectivity index (χ4v) is 12.1. The standard InChI is InChI=1S/C48H72N4O23S.C31H43N3O12/c1-48(2,3)47(64)73-28-31-6-7-36(74-46-44(62)43(61)42(60)37(27-53)75-46)35(25-31)51-38(56)10-13-49-39(57)29-72-18-14-50-45(63)32(30-76(65,66)67)26-34(55)12-17-69-20-22-71-24-23-70-21-19-68-16-4-5-33(54)11-15-52-40(58)8-9-41(52)59;1-31(2,3)30(43)44-17-18-8-9-20(45-29-28(42)27(41)26(40)21(16-35)46-29)19(15-18)33-23(37)12-13-32-22(36)7-5-4-6-14-34-24(38)10-11-25(34)39/h6-9,25,32,37,42-44,46,53,60-62H,4-5,10-24,26-30H2,1-3H3,(H,49,57)(H,50,63)(H,51,56)(H,65,66,67);8-11,15,21,26-29,35,40-42H,4-7,12-14,16-17H2,1-3H3,(H,32,36)(H,33,37)/t32-,37-,42+,43+,44-,46-;21-,26+,27+,28-,29?/m11/s1. The van der Waals surface area contributed by atoms with E-state index in [1.54, 1.807) is 47.6 Å². The average molecular weight is 1750 g/mol. The maximum Gasteiger partial charge on any atom is 0.311 e. The number of aliphatic hydroxyl groups is 8. The Hall–Kier alpha value is -9.26. The number of nitrogens with one attached hydrogen (secondary N) is 5. The summed E-state index contributed by atoms with van der Waals surface area (Å²) in [5, 5.41) is 93.3. The number of aliphatic hydroxyl groups excluding tert-OH is 8. The number of unbranched alkanes of at least 4 members (excludes halogenated alkanes) is 2. The maximum atomic E-state index is 13.0. The van der Waals surface area contributed by atoms with Crippen LogP contribution in [0.4, 0.5) is 11.4 Å². The number of ketones is 2. The molecule has 11 atom stereocenters. The molecule has 42 nitrogen and oxygen atoms in total. The number of hydrogen-bond donors (Lipinski definition) is 14. The Balaban J connectivity index is 0.000000489. The lowest BCUT2D eigenvalue weighted by atomic mass is 9.97. The molecule has 2 saturated heterocycles. The first-order valence-corrected chi connectivity index (χ1v) is 41.2. The molecule has 0 radical (unpaired) electrons. The molecule has 4 heterocycles. The van der Waals surface area contributed by atoms with E-state index in [2.05, 4.69) is 26.6 Å². The maximum absolute atomic E-state index is 13.0.